The summed E-state index contributed by atoms with van der Waals surface area (Å²) in [5.74, 6) is 0. The van der Waals surface area contributed by atoms with E-state index < -0.39 is 0 Å². The maximum absolute atomic E-state index is 6.95. The number of benzene rings is 13. The van der Waals surface area contributed by atoms with Crippen molar-refractivity contribution in [2.45, 2.75) is 0 Å². The quantitative estimate of drug-likeness (QED) is 0.112. The molecule has 0 aliphatic carbocycles. The number of anilines is 6. The van der Waals surface area contributed by atoms with Crippen LogP contribution in [-0.4, -0.2) is 0 Å². The van der Waals surface area contributed by atoms with Crippen molar-refractivity contribution in [2.24, 2.45) is 0 Å². The smallest absolute Gasteiger partial charge is 0.143 e. The minimum Gasteiger partial charge on any atom is -0.455 e. The van der Waals surface area contributed by atoms with Gasteiger partial charge >= 0.3 is 0 Å². The van der Waals surface area contributed by atoms with Gasteiger partial charge in [0.05, 0.1) is 0 Å². The van der Waals surface area contributed by atoms with E-state index in [9.17, 15) is 0 Å². The van der Waals surface area contributed by atoms with E-state index in [0.717, 1.165) is 143 Å². The molecule has 4 heteroatoms. The van der Waals surface area contributed by atoms with Gasteiger partial charge in [-0.15, -0.1) is 0 Å². The van der Waals surface area contributed by atoms with Crippen molar-refractivity contribution >= 4 is 121 Å². The van der Waals surface area contributed by atoms with Gasteiger partial charge in [0, 0.05) is 66.4 Å². The maximum atomic E-state index is 6.95. The number of furan rings is 2. The summed E-state index contributed by atoms with van der Waals surface area (Å²) < 4.78 is 13.9. The number of hydrogen-bond acceptors (Lipinski definition) is 4. The van der Waals surface area contributed by atoms with Gasteiger partial charge in [0.25, 0.3) is 0 Å². The van der Waals surface area contributed by atoms with Crippen LogP contribution in [-0.2, 0) is 0 Å². The summed E-state index contributed by atoms with van der Waals surface area (Å²) in [5.41, 5.74) is 14.6. The Labute approximate surface area is 426 Å². The molecule has 0 unspecified atom stereocenters. The van der Waals surface area contributed by atoms with Crippen LogP contribution in [0.2, 0.25) is 0 Å². The lowest BCUT2D eigenvalue weighted by molar-refractivity contribution is 0.672. The highest BCUT2D eigenvalue weighted by atomic mass is 16.3. The molecule has 0 radical (unpaired) electrons. The van der Waals surface area contributed by atoms with Gasteiger partial charge in [-0.3, -0.25) is 0 Å². The third-order valence-electron chi connectivity index (χ3n) is 15.0. The van der Waals surface area contributed by atoms with Crippen LogP contribution in [0.1, 0.15) is 0 Å². The highest BCUT2D eigenvalue weighted by Gasteiger charge is 2.22. The predicted octanol–water partition coefficient (Wildman–Crippen LogP) is 20.4. The maximum Gasteiger partial charge on any atom is 0.143 e. The van der Waals surface area contributed by atoms with Gasteiger partial charge in [-0.1, -0.05) is 146 Å². The van der Waals surface area contributed by atoms with E-state index >= 15 is 0 Å². The standard InChI is InChI=1S/C70H44N2O2/c1-5-17-49(18-6-1)71(50-19-7-2-8-20-50)53-33-29-45(30-34-53)61-42-47-41-48-43-62(46-31-35-54(36-32-46)72(51-21-9-3-10-22-51)52-23-11-4-12-24-52)58-38-40-60-56-26-14-16-28-66(56)74-70(60)68(58)64(48)44-63(47)67-57(61)37-39-59-55-25-13-15-27-65(55)73-69(59)67/h1-44H. The second kappa shape index (κ2) is 16.9. The van der Waals surface area contributed by atoms with Crippen molar-refractivity contribution in [1.29, 1.82) is 0 Å². The number of hydrogen-bond donors (Lipinski definition) is 0. The Hall–Kier alpha value is -9.90. The minimum atomic E-state index is 0.876. The second-order valence-electron chi connectivity index (χ2n) is 19.2. The van der Waals surface area contributed by atoms with Gasteiger partial charge in [-0.05, 0) is 176 Å². The fourth-order valence-electron chi connectivity index (χ4n) is 11.6. The lowest BCUT2D eigenvalue weighted by atomic mass is 9.87. The molecule has 346 valence electrons. The zero-order chi connectivity index (χ0) is 48.7. The van der Waals surface area contributed by atoms with Crippen LogP contribution in [0.5, 0.6) is 0 Å². The van der Waals surface area contributed by atoms with Crippen LogP contribution < -0.4 is 9.80 Å². The van der Waals surface area contributed by atoms with E-state index in [0.29, 0.717) is 0 Å². The summed E-state index contributed by atoms with van der Waals surface area (Å²) in [6.07, 6.45) is 0. The average Bonchev–Trinajstić information content (AvgIpc) is 4.06. The highest BCUT2D eigenvalue weighted by molar-refractivity contribution is 6.31. The molecule has 0 atom stereocenters. The second-order valence-corrected chi connectivity index (χ2v) is 19.2. The molecule has 74 heavy (non-hydrogen) atoms. The van der Waals surface area contributed by atoms with Crippen LogP contribution >= 0.6 is 0 Å². The van der Waals surface area contributed by atoms with Gasteiger partial charge < -0.3 is 18.6 Å². The Morgan fingerprint density at radius 2 is 0.554 bits per heavy atom. The molecule has 0 aliphatic heterocycles. The van der Waals surface area contributed by atoms with E-state index in [1.165, 1.54) is 0 Å². The monoisotopic (exact) mass is 944 g/mol. The van der Waals surface area contributed by atoms with E-state index in [1.807, 2.05) is 0 Å². The first-order valence-electron chi connectivity index (χ1n) is 25.2. The molecule has 0 bridgehead atoms. The number of fused-ring (bicyclic) bond motifs is 14. The van der Waals surface area contributed by atoms with Gasteiger partial charge in [-0.2, -0.15) is 0 Å². The highest BCUT2D eigenvalue weighted by Crippen LogP contribution is 2.48. The summed E-state index contributed by atoms with van der Waals surface area (Å²) in [7, 11) is 0. The number of para-hydroxylation sites is 6. The topological polar surface area (TPSA) is 32.8 Å². The molecule has 2 aromatic heterocycles. The van der Waals surface area contributed by atoms with E-state index in [1.54, 1.807) is 0 Å². The van der Waals surface area contributed by atoms with Crippen LogP contribution in [0.25, 0.3) is 109 Å². The normalized spacial score (nSPS) is 11.8. The SMILES string of the molecule is c1ccc(N(c2ccccc2)c2ccc(-c3cc4cc5cc(-c6ccc(N(c7ccccc7)c7ccccc7)cc6)c6ccc7c8ccccc8oc7c6c5cc4c4c3ccc3c5ccccc5oc34)cc2)cc1. The molecule has 0 amide bonds. The first kappa shape index (κ1) is 41.8. The molecule has 2 heterocycles. The Kier molecular flexibility index (Phi) is 9.54. The lowest BCUT2D eigenvalue weighted by Crippen LogP contribution is -2.09. The summed E-state index contributed by atoms with van der Waals surface area (Å²) in [4.78, 5) is 4.62. The van der Waals surface area contributed by atoms with Crippen molar-refractivity contribution in [3.8, 4) is 22.3 Å². The largest absolute Gasteiger partial charge is 0.455 e. The third-order valence-corrected chi connectivity index (χ3v) is 15.0. The van der Waals surface area contributed by atoms with Crippen LogP contribution in [0, 0.1) is 0 Å². The first-order chi connectivity index (χ1) is 36.7. The van der Waals surface area contributed by atoms with Crippen LogP contribution in [0.3, 0.4) is 0 Å². The van der Waals surface area contributed by atoms with Crippen LogP contribution in [0.15, 0.2) is 276 Å². The van der Waals surface area contributed by atoms with Crippen molar-refractivity contribution in [2.75, 3.05) is 9.80 Å². The molecule has 0 spiro atoms. The molecular weight excluding hydrogens is 901 g/mol. The lowest BCUT2D eigenvalue weighted by Gasteiger charge is -2.25. The predicted molar refractivity (Wildman–Crippen MR) is 311 cm³/mol. The molecular formula is C70H44N2O2. The third kappa shape index (κ3) is 6.69. The van der Waals surface area contributed by atoms with Crippen LogP contribution in [0.4, 0.5) is 34.1 Å². The first-order valence-corrected chi connectivity index (χ1v) is 25.2. The fourth-order valence-corrected chi connectivity index (χ4v) is 11.6. The minimum absolute atomic E-state index is 0.876. The summed E-state index contributed by atoms with van der Waals surface area (Å²) in [6.45, 7) is 0. The number of rotatable bonds is 8. The average molecular weight is 945 g/mol. The van der Waals surface area contributed by atoms with Crippen molar-refractivity contribution in [1.82, 2.24) is 0 Å². The fraction of sp³-hybridized carbons (Fsp3) is 0. The molecule has 13 aromatic carbocycles. The molecule has 15 rings (SSSR count). The Balaban J connectivity index is 0.977. The van der Waals surface area contributed by atoms with E-state index in [-0.39, 0.29) is 0 Å². The molecule has 4 nitrogen and oxygen atoms in total. The molecule has 0 saturated carbocycles. The Bertz CT molecular complexity index is 4250. The van der Waals surface area contributed by atoms with Gasteiger partial charge in [0.1, 0.15) is 22.3 Å². The Morgan fingerprint density at radius 1 is 0.230 bits per heavy atom. The Morgan fingerprint density at radius 3 is 0.932 bits per heavy atom. The molecule has 0 saturated heterocycles. The molecule has 15 aromatic rings. The molecule has 0 N–H and O–H groups in total. The molecule has 0 fully saturated rings. The van der Waals surface area contributed by atoms with Crippen molar-refractivity contribution in [3.05, 3.63) is 267 Å². The van der Waals surface area contributed by atoms with E-state index in [4.69, 9.17) is 8.83 Å². The van der Waals surface area contributed by atoms with E-state index in [2.05, 4.69) is 277 Å². The zero-order valence-corrected chi connectivity index (χ0v) is 40.1. The summed E-state index contributed by atoms with van der Waals surface area (Å²) in [6, 6.07) is 95.8. The number of nitrogens with zero attached hydrogens (tertiary/aromatic N) is 2. The van der Waals surface area contributed by atoms with Crippen molar-refractivity contribution in [3.63, 3.8) is 0 Å². The van der Waals surface area contributed by atoms with Gasteiger partial charge in [-0.25, -0.2) is 0 Å². The summed E-state index contributed by atoms with van der Waals surface area (Å²) in [5, 5.41) is 13.4. The van der Waals surface area contributed by atoms with Gasteiger partial charge in [0.2, 0.25) is 0 Å². The van der Waals surface area contributed by atoms with Gasteiger partial charge in [0.15, 0.2) is 0 Å². The zero-order valence-electron chi connectivity index (χ0n) is 40.1. The summed E-state index contributed by atoms with van der Waals surface area (Å²) >= 11 is 0. The van der Waals surface area contributed by atoms with Crippen molar-refractivity contribution < 1.29 is 8.83 Å². The molecule has 0 aliphatic rings.